The number of hydrogen-bond acceptors (Lipinski definition) is 6. The fourth-order valence-corrected chi connectivity index (χ4v) is 6.85. The number of fused-ring (bicyclic) bond motifs is 2. The Bertz CT molecular complexity index is 1750. The quantitative estimate of drug-likeness (QED) is 0.318. The lowest BCUT2D eigenvalue weighted by molar-refractivity contribution is -0.141. The van der Waals surface area contributed by atoms with E-state index >= 15 is 0 Å². The molecule has 0 bridgehead atoms. The van der Waals surface area contributed by atoms with Crippen LogP contribution in [0, 0.1) is 5.82 Å². The lowest BCUT2D eigenvalue weighted by atomic mass is 10.0. The van der Waals surface area contributed by atoms with Crippen molar-refractivity contribution in [2.24, 2.45) is 0 Å². The Kier molecular flexibility index (Phi) is 8.64. The van der Waals surface area contributed by atoms with E-state index in [1.165, 1.54) is 12.1 Å². The summed E-state index contributed by atoms with van der Waals surface area (Å²) >= 11 is 0. The highest BCUT2D eigenvalue weighted by atomic mass is 19.1. The third kappa shape index (κ3) is 6.72. The van der Waals surface area contributed by atoms with Crippen LogP contribution in [0.1, 0.15) is 24.0 Å². The number of ether oxygens (including phenoxy) is 1. The first-order valence-electron chi connectivity index (χ1n) is 16.2. The minimum atomic E-state index is -1.00. The van der Waals surface area contributed by atoms with Crippen molar-refractivity contribution in [2.75, 3.05) is 56.0 Å². The number of H-pyrrole nitrogens is 1. The Morgan fingerprint density at radius 2 is 1.68 bits per heavy atom. The SMILES string of the molecule is O=C(O[C@H](Cc1ccc2[nH]ncc2c1)C(=O)N1CCN(c2ccc(F)cc2)CC1)N1CCC(N2CCc3ccccc3NC2=O)CC1. The third-order valence-corrected chi connectivity index (χ3v) is 9.53. The van der Waals surface area contributed by atoms with Crippen LogP contribution in [0.4, 0.5) is 25.4 Å². The Balaban J connectivity index is 0.997. The van der Waals surface area contributed by atoms with Crippen LogP contribution in [0.2, 0.25) is 0 Å². The molecule has 1 aromatic heterocycles. The Morgan fingerprint density at radius 1 is 0.915 bits per heavy atom. The third-order valence-electron chi connectivity index (χ3n) is 9.53. The highest BCUT2D eigenvalue weighted by Gasteiger charge is 2.35. The van der Waals surface area contributed by atoms with E-state index in [9.17, 15) is 18.8 Å². The van der Waals surface area contributed by atoms with Crippen molar-refractivity contribution < 1.29 is 23.5 Å². The van der Waals surface area contributed by atoms with Gasteiger partial charge in [0.1, 0.15) is 5.82 Å². The molecule has 0 spiro atoms. The molecule has 47 heavy (non-hydrogen) atoms. The Labute approximate surface area is 272 Å². The van der Waals surface area contributed by atoms with Gasteiger partial charge in [0.2, 0.25) is 0 Å². The number of urea groups is 1. The zero-order chi connectivity index (χ0) is 32.3. The fourth-order valence-electron chi connectivity index (χ4n) is 6.85. The molecule has 7 rings (SSSR count). The summed E-state index contributed by atoms with van der Waals surface area (Å²) in [7, 11) is 0. The number of nitrogens with zero attached hydrogens (tertiary/aromatic N) is 5. The number of aromatic amines is 1. The van der Waals surface area contributed by atoms with Gasteiger partial charge in [-0.2, -0.15) is 5.10 Å². The number of halogens is 1. The molecule has 1 atom stereocenters. The first kappa shape index (κ1) is 30.5. The lowest BCUT2D eigenvalue weighted by Gasteiger charge is -2.39. The number of anilines is 2. The highest BCUT2D eigenvalue weighted by molar-refractivity contribution is 5.91. The van der Waals surface area contributed by atoms with Gasteiger partial charge < -0.3 is 29.7 Å². The normalized spacial score (nSPS) is 18.0. The van der Waals surface area contributed by atoms with Crippen molar-refractivity contribution in [2.45, 2.75) is 37.8 Å². The molecule has 3 aliphatic heterocycles. The average molecular weight is 640 g/mol. The minimum Gasteiger partial charge on any atom is -0.436 e. The second kappa shape index (κ2) is 13.3. The summed E-state index contributed by atoms with van der Waals surface area (Å²) in [6.07, 6.45) is 2.45. The summed E-state index contributed by atoms with van der Waals surface area (Å²) in [5.41, 5.74) is 4.61. The molecule has 2 saturated heterocycles. The molecule has 4 heterocycles. The number of para-hydroxylation sites is 1. The van der Waals surface area contributed by atoms with Crippen LogP contribution in [0.15, 0.2) is 72.9 Å². The number of carbonyl (C=O) groups is 3. The van der Waals surface area contributed by atoms with Crippen LogP contribution in [0.25, 0.3) is 10.9 Å². The number of nitrogens with one attached hydrogen (secondary N) is 2. The maximum atomic E-state index is 13.9. The summed E-state index contributed by atoms with van der Waals surface area (Å²) in [6.45, 7) is 3.56. The van der Waals surface area contributed by atoms with E-state index in [4.69, 9.17) is 4.74 Å². The highest BCUT2D eigenvalue weighted by Crippen LogP contribution is 2.26. The number of carbonyl (C=O) groups excluding carboxylic acids is 3. The molecule has 11 nitrogen and oxygen atoms in total. The molecule has 3 aliphatic rings. The first-order valence-corrected chi connectivity index (χ1v) is 16.2. The fraction of sp³-hybridized carbons (Fsp3) is 0.371. The van der Waals surface area contributed by atoms with Crippen LogP contribution in [-0.2, 0) is 22.4 Å². The van der Waals surface area contributed by atoms with Gasteiger partial charge in [-0.15, -0.1) is 0 Å². The number of hydrogen-bond donors (Lipinski definition) is 2. The molecular formula is C35H38FN7O4. The molecule has 0 radical (unpaired) electrons. The zero-order valence-corrected chi connectivity index (χ0v) is 26.1. The van der Waals surface area contributed by atoms with E-state index in [0.717, 1.165) is 39.8 Å². The Morgan fingerprint density at radius 3 is 2.47 bits per heavy atom. The van der Waals surface area contributed by atoms with Gasteiger partial charge in [-0.25, -0.2) is 14.0 Å². The number of amides is 4. The molecule has 12 heteroatoms. The van der Waals surface area contributed by atoms with E-state index in [1.807, 2.05) is 47.4 Å². The second-order valence-electron chi connectivity index (χ2n) is 12.4. The number of aromatic nitrogens is 2. The van der Waals surface area contributed by atoms with Gasteiger partial charge in [0, 0.05) is 75.0 Å². The van der Waals surface area contributed by atoms with Gasteiger partial charge in [0.15, 0.2) is 6.10 Å². The van der Waals surface area contributed by atoms with Crippen molar-refractivity contribution in [3.05, 3.63) is 89.9 Å². The predicted molar refractivity (Wildman–Crippen MR) is 176 cm³/mol. The predicted octanol–water partition coefficient (Wildman–Crippen LogP) is 4.65. The first-order chi connectivity index (χ1) is 22.9. The van der Waals surface area contributed by atoms with Crippen LogP contribution >= 0.6 is 0 Å². The van der Waals surface area contributed by atoms with Gasteiger partial charge in [-0.3, -0.25) is 9.89 Å². The average Bonchev–Trinajstić information content (AvgIpc) is 3.50. The number of benzene rings is 3. The van der Waals surface area contributed by atoms with Crippen LogP contribution in [0.5, 0.6) is 0 Å². The van der Waals surface area contributed by atoms with E-state index < -0.39 is 12.2 Å². The van der Waals surface area contributed by atoms with Crippen LogP contribution in [0.3, 0.4) is 0 Å². The molecule has 4 amide bonds. The maximum absolute atomic E-state index is 13.9. The summed E-state index contributed by atoms with van der Waals surface area (Å²) in [5.74, 6) is -0.524. The van der Waals surface area contributed by atoms with E-state index in [2.05, 4.69) is 20.4 Å². The molecule has 2 N–H and O–H groups in total. The summed E-state index contributed by atoms with van der Waals surface area (Å²) in [6, 6.07) is 19.9. The van der Waals surface area contributed by atoms with Crippen LogP contribution in [-0.4, -0.2) is 101 Å². The number of piperazine rings is 1. The molecule has 0 unspecified atom stereocenters. The molecule has 244 valence electrons. The monoisotopic (exact) mass is 639 g/mol. The summed E-state index contributed by atoms with van der Waals surface area (Å²) in [5, 5.41) is 11.0. The Hall–Kier alpha value is -5.13. The summed E-state index contributed by atoms with van der Waals surface area (Å²) < 4.78 is 19.5. The number of piperidine rings is 1. The van der Waals surface area contributed by atoms with E-state index in [0.29, 0.717) is 58.7 Å². The number of rotatable bonds is 6. The lowest BCUT2D eigenvalue weighted by Crippen LogP contribution is -2.54. The van der Waals surface area contributed by atoms with E-state index in [1.54, 1.807) is 28.1 Å². The van der Waals surface area contributed by atoms with Gasteiger partial charge in [0.25, 0.3) is 5.91 Å². The molecule has 4 aromatic rings. The van der Waals surface area contributed by atoms with Gasteiger partial charge >= 0.3 is 12.1 Å². The van der Waals surface area contributed by atoms with Crippen LogP contribution < -0.4 is 10.2 Å². The largest absolute Gasteiger partial charge is 0.436 e. The van der Waals surface area contributed by atoms with Crippen molar-refractivity contribution in [1.29, 1.82) is 0 Å². The summed E-state index contributed by atoms with van der Waals surface area (Å²) in [4.78, 5) is 47.9. The van der Waals surface area contributed by atoms with Crippen molar-refractivity contribution >= 4 is 40.3 Å². The molecule has 3 aromatic carbocycles. The van der Waals surface area contributed by atoms with Gasteiger partial charge in [-0.1, -0.05) is 24.3 Å². The second-order valence-corrected chi connectivity index (χ2v) is 12.4. The smallest absolute Gasteiger partial charge is 0.410 e. The molecular weight excluding hydrogens is 601 g/mol. The van der Waals surface area contributed by atoms with Crippen molar-refractivity contribution in [3.8, 4) is 0 Å². The van der Waals surface area contributed by atoms with E-state index in [-0.39, 0.29) is 30.2 Å². The molecule has 0 aliphatic carbocycles. The molecule has 0 saturated carbocycles. The van der Waals surface area contributed by atoms with Crippen molar-refractivity contribution in [3.63, 3.8) is 0 Å². The maximum Gasteiger partial charge on any atom is 0.410 e. The number of likely N-dealkylation sites (tertiary alicyclic amines) is 1. The minimum absolute atomic E-state index is 0.00452. The zero-order valence-electron chi connectivity index (χ0n) is 26.1. The van der Waals surface area contributed by atoms with Gasteiger partial charge in [0.05, 0.1) is 11.7 Å². The molecule has 2 fully saturated rings. The topological polar surface area (TPSA) is 114 Å². The standard InChI is InChI=1S/C35H38FN7O4/c36-27-6-8-28(9-7-27)40-17-19-41(20-18-40)33(44)32(22-24-5-10-31-26(21-24)23-37-39-31)47-35(46)42-14-12-29(13-15-42)43-16-11-25-3-1-2-4-30(25)38-34(43)45/h1-10,21,23,29,32H,11-20,22H2,(H,37,39)(H,38,45)/t32-/m1/s1. The van der Waals surface area contributed by atoms with Crippen molar-refractivity contribution in [1.82, 2.24) is 24.9 Å². The van der Waals surface area contributed by atoms with Gasteiger partial charge in [-0.05, 0) is 72.9 Å².